The molecule has 1 aromatic rings. The van der Waals surface area contributed by atoms with Crippen molar-refractivity contribution in [2.75, 3.05) is 52.5 Å². The summed E-state index contributed by atoms with van der Waals surface area (Å²) in [4.78, 5) is 4.67. The first-order valence-corrected chi connectivity index (χ1v) is 7.09. The Balaban J connectivity index is 0.00000200. The molecule has 1 N–H and O–H groups in total. The second-order valence-corrected chi connectivity index (χ2v) is 5.15. The fraction of sp³-hybridized carbons (Fsp3) is 0.571. The molecule has 1 fully saturated rings. The minimum absolute atomic E-state index is 0. The van der Waals surface area contributed by atoms with Crippen molar-refractivity contribution in [2.45, 2.75) is 0 Å². The zero-order chi connectivity index (χ0) is 13.5. The first kappa shape index (κ1) is 17.5. The van der Waals surface area contributed by atoms with Gasteiger partial charge in [-0.05, 0) is 18.2 Å². The summed E-state index contributed by atoms with van der Waals surface area (Å²) in [5, 5.41) is 9.59. The molecule has 114 valence electrons. The van der Waals surface area contributed by atoms with Gasteiger partial charge in [0, 0.05) is 44.3 Å². The number of halogens is 2. The SMILES string of the molecule is OCCN1CCN(CCOc2cccc(Cl)c2)CC1.[Cl-]. The zero-order valence-corrected chi connectivity index (χ0v) is 13.0. The van der Waals surface area contributed by atoms with Crippen LogP contribution < -0.4 is 17.1 Å². The number of aliphatic hydroxyl groups excluding tert-OH is 1. The molecule has 1 aromatic carbocycles. The van der Waals surface area contributed by atoms with Gasteiger partial charge in [0.1, 0.15) is 12.4 Å². The van der Waals surface area contributed by atoms with Crippen LogP contribution in [0.5, 0.6) is 5.75 Å². The van der Waals surface area contributed by atoms with Crippen molar-refractivity contribution in [1.29, 1.82) is 0 Å². The van der Waals surface area contributed by atoms with E-state index < -0.39 is 0 Å². The minimum Gasteiger partial charge on any atom is -1.00 e. The topological polar surface area (TPSA) is 35.9 Å². The zero-order valence-electron chi connectivity index (χ0n) is 11.5. The third-order valence-electron chi connectivity index (χ3n) is 3.35. The van der Waals surface area contributed by atoms with Crippen LogP contribution >= 0.6 is 11.6 Å². The molecule has 1 heterocycles. The molecule has 0 spiro atoms. The summed E-state index contributed by atoms with van der Waals surface area (Å²) < 4.78 is 5.68. The number of β-amino-alcohol motifs (C(OH)–C–C–N with tert-alkyl or cyclic N) is 1. The van der Waals surface area contributed by atoms with E-state index in [2.05, 4.69) is 9.80 Å². The van der Waals surface area contributed by atoms with E-state index in [1.165, 1.54) is 0 Å². The van der Waals surface area contributed by atoms with Crippen molar-refractivity contribution in [1.82, 2.24) is 9.80 Å². The second-order valence-electron chi connectivity index (χ2n) is 4.71. The van der Waals surface area contributed by atoms with Crippen LogP contribution in [0.4, 0.5) is 0 Å². The van der Waals surface area contributed by atoms with Gasteiger partial charge < -0.3 is 22.3 Å². The maximum atomic E-state index is 8.89. The average Bonchev–Trinajstić information content (AvgIpc) is 2.41. The molecular weight excluding hydrogens is 299 g/mol. The van der Waals surface area contributed by atoms with Crippen LogP contribution in [-0.4, -0.2) is 67.4 Å². The standard InChI is InChI=1S/C14H21ClN2O2.ClH/c15-13-2-1-3-14(12-13)19-11-9-17-6-4-16(5-7-17)8-10-18;/h1-3,12,18H,4-11H2;1H/p-1. The Kier molecular flexibility index (Phi) is 8.26. The van der Waals surface area contributed by atoms with Gasteiger partial charge in [-0.2, -0.15) is 0 Å². The molecule has 1 saturated heterocycles. The van der Waals surface area contributed by atoms with E-state index in [-0.39, 0.29) is 19.0 Å². The highest BCUT2D eigenvalue weighted by atomic mass is 35.5. The van der Waals surface area contributed by atoms with Gasteiger partial charge in [0.05, 0.1) is 6.61 Å². The van der Waals surface area contributed by atoms with Crippen molar-refractivity contribution in [3.05, 3.63) is 29.3 Å². The summed E-state index contributed by atoms with van der Waals surface area (Å²) in [6.45, 7) is 6.78. The molecule has 6 heteroatoms. The first-order chi connectivity index (χ1) is 9.28. The van der Waals surface area contributed by atoms with Gasteiger partial charge in [-0.3, -0.25) is 9.80 Å². The van der Waals surface area contributed by atoms with Crippen molar-refractivity contribution >= 4 is 11.6 Å². The summed E-state index contributed by atoms with van der Waals surface area (Å²) in [5.74, 6) is 0.825. The number of nitrogens with zero attached hydrogens (tertiary/aromatic N) is 2. The number of ether oxygens (including phenoxy) is 1. The number of hydrogen-bond acceptors (Lipinski definition) is 4. The van der Waals surface area contributed by atoms with Gasteiger partial charge >= 0.3 is 0 Å². The highest BCUT2D eigenvalue weighted by Crippen LogP contribution is 2.16. The molecule has 4 nitrogen and oxygen atoms in total. The maximum Gasteiger partial charge on any atom is 0.120 e. The van der Waals surface area contributed by atoms with Crippen LogP contribution in [-0.2, 0) is 0 Å². The van der Waals surface area contributed by atoms with Crippen LogP contribution in [0.25, 0.3) is 0 Å². The van der Waals surface area contributed by atoms with Gasteiger partial charge in [0.2, 0.25) is 0 Å². The Morgan fingerprint density at radius 3 is 2.35 bits per heavy atom. The predicted octanol–water partition coefficient (Wildman–Crippen LogP) is -1.67. The Labute approximate surface area is 131 Å². The third-order valence-corrected chi connectivity index (χ3v) is 3.59. The van der Waals surface area contributed by atoms with Gasteiger partial charge in [-0.25, -0.2) is 0 Å². The molecule has 0 saturated carbocycles. The Morgan fingerprint density at radius 2 is 1.75 bits per heavy atom. The lowest BCUT2D eigenvalue weighted by Crippen LogP contribution is -3.00. The lowest BCUT2D eigenvalue weighted by molar-refractivity contribution is -0.00000543. The Hall–Kier alpha value is -0.520. The van der Waals surface area contributed by atoms with Gasteiger partial charge in [0.15, 0.2) is 0 Å². The van der Waals surface area contributed by atoms with E-state index in [9.17, 15) is 0 Å². The third kappa shape index (κ3) is 5.85. The molecule has 0 bridgehead atoms. The van der Waals surface area contributed by atoms with Crippen molar-refractivity contribution in [3.8, 4) is 5.75 Å². The minimum atomic E-state index is 0. The molecule has 0 radical (unpaired) electrons. The first-order valence-electron chi connectivity index (χ1n) is 6.72. The highest BCUT2D eigenvalue weighted by Gasteiger charge is 2.15. The Morgan fingerprint density at radius 1 is 1.10 bits per heavy atom. The molecule has 20 heavy (non-hydrogen) atoms. The molecule has 1 aliphatic rings. The van der Waals surface area contributed by atoms with Crippen LogP contribution in [0.15, 0.2) is 24.3 Å². The number of hydrogen-bond donors (Lipinski definition) is 1. The number of aliphatic hydroxyl groups is 1. The van der Waals surface area contributed by atoms with Gasteiger partial charge in [-0.15, -0.1) is 0 Å². The summed E-state index contributed by atoms with van der Waals surface area (Å²) in [6.07, 6.45) is 0. The quantitative estimate of drug-likeness (QED) is 0.680. The van der Waals surface area contributed by atoms with E-state index in [1.54, 1.807) is 0 Å². The van der Waals surface area contributed by atoms with E-state index >= 15 is 0 Å². The summed E-state index contributed by atoms with van der Waals surface area (Å²) in [6, 6.07) is 7.49. The lowest BCUT2D eigenvalue weighted by Gasteiger charge is -2.34. The van der Waals surface area contributed by atoms with Gasteiger partial charge in [-0.1, -0.05) is 17.7 Å². The monoisotopic (exact) mass is 319 g/mol. The van der Waals surface area contributed by atoms with Crippen molar-refractivity contribution in [2.24, 2.45) is 0 Å². The number of benzene rings is 1. The normalized spacial score (nSPS) is 16.7. The maximum absolute atomic E-state index is 8.89. The summed E-state index contributed by atoms with van der Waals surface area (Å²) in [7, 11) is 0. The molecule has 0 unspecified atom stereocenters. The molecule has 0 amide bonds. The van der Waals surface area contributed by atoms with Crippen LogP contribution in [0.2, 0.25) is 5.02 Å². The molecule has 1 aliphatic heterocycles. The second kappa shape index (κ2) is 9.42. The number of rotatable bonds is 6. The summed E-state index contributed by atoms with van der Waals surface area (Å²) in [5.41, 5.74) is 0. The molecular formula is C14H21Cl2N2O2-. The van der Waals surface area contributed by atoms with E-state index in [1.807, 2.05) is 24.3 Å². The molecule has 0 aromatic heterocycles. The smallest absolute Gasteiger partial charge is 0.120 e. The fourth-order valence-electron chi connectivity index (χ4n) is 2.23. The Bertz CT molecular complexity index is 385. The van der Waals surface area contributed by atoms with Crippen molar-refractivity contribution < 1.29 is 22.3 Å². The van der Waals surface area contributed by atoms with Crippen LogP contribution in [0, 0.1) is 0 Å². The predicted molar refractivity (Wildman–Crippen MR) is 76.9 cm³/mol. The highest BCUT2D eigenvalue weighted by molar-refractivity contribution is 6.30. The lowest BCUT2D eigenvalue weighted by atomic mass is 10.3. The molecule has 0 atom stereocenters. The molecule has 0 aliphatic carbocycles. The molecule has 2 rings (SSSR count). The van der Waals surface area contributed by atoms with E-state index in [0.29, 0.717) is 11.6 Å². The van der Waals surface area contributed by atoms with Gasteiger partial charge in [0.25, 0.3) is 0 Å². The average molecular weight is 320 g/mol. The number of piperazine rings is 1. The van der Waals surface area contributed by atoms with Crippen LogP contribution in [0.1, 0.15) is 0 Å². The van der Waals surface area contributed by atoms with E-state index in [0.717, 1.165) is 45.0 Å². The van der Waals surface area contributed by atoms with Crippen molar-refractivity contribution in [3.63, 3.8) is 0 Å². The van der Waals surface area contributed by atoms with Crippen LogP contribution in [0.3, 0.4) is 0 Å². The fourth-order valence-corrected chi connectivity index (χ4v) is 2.41. The van der Waals surface area contributed by atoms with E-state index in [4.69, 9.17) is 21.4 Å². The summed E-state index contributed by atoms with van der Waals surface area (Å²) >= 11 is 5.90. The largest absolute Gasteiger partial charge is 1.00 e.